The van der Waals surface area contributed by atoms with E-state index in [0.717, 1.165) is 59.7 Å². The molecule has 0 spiro atoms. The van der Waals surface area contributed by atoms with E-state index < -0.39 is 11.7 Å². The number of pyridine rings is 1. The molecule has 5 nitrogen and oxygen atoms in total. The monoisotopic (exact) mass is 426 g/mol. The molecule has 3 heterocycles. The number of benzene rings is 1. The molecule has 160 valence electrons. The molecule has 3 aromatic rings. The van der Waals surface area contributed by atoms with Crippen molar-refractivity contribution in [3.63, 3.8) is 0 Å². The Bertz CT molecular complexity index is 1070. The summed E-state index contributed by atoms with van der Waals surface area (Å²) in [6, 6.07) is 10.9. The minimum atomic E-state index is -4.35. The molecule has 1 aliphatic heterocycles. The Morgan fingerprint density at radius 1 is 1.00 bits per heavy atom. The SMILES string of the molecule is FC(F)(F)c1ccc(C2CN(c3nc(-c4ccccn4)nc4c3CCC4)CCO2)cc1. The molecule has 1 aliphatic carbocycles. The van der Waals surface area contributed by atoms with Crippen LogP contribution in [0, 0.1) is 0 Å². The molecule has 2 aromatic heterocycles. The topological polar surface area (TPSA) is 51.1 Å². The first-order valence-electron chi connectivity index (χ1n) is 10.3. The van der Waals surface area contributed by atoms with Gasteiger partial charge in [-0.3, -0.25) is 4.98 Å². The lowest BCUT2D eigenvalue weighted by molar-refractivity contribution is -0.137. The van der Waals surface area contributed by atoms with Crippen molar-refractivity contribution in [2.24, 2.45) is 0 Å². The van der Waals surface area contributed by atoms with Crippen LogP contribution in [-0.4, -0.2) is 34.6 Å². The second-order valence-electron chi connectivity index (χ2n) is 7.79. The zero-order valence-electron chi connectivity index (χ0n) is 16.8. The van der Waals surface area contributed by atoms with Gasteiger partial charge in [0.25, 0.3) is 0 Å². The van der Waals surface area contributed by atoms with Crippen LogP contribution in [0.15, 0.2) is 48.7 Å². The zero-order chi connectivity index (χ0) is 21.4. The molecule has 1 unspecified atom stereocenters. The van der Waals surface area contributed by atoms with E-state index in [-0.39, 0.29) is 6.10 Å². The average molecular weight is 426 g/mol. The third-order valence-corrected chi connectivity index (χ3v) is 5.78. The number of fused-ring (bicyclic) bond motifs is 1. The van der Waals surface area contributed by atoms with Gasteiger partial charge in [-0.05, 0) is 49.1 Å². The zero-order valence-corrected chi connectivity index (χ0v) is 16.8. The Morgan fingerprint density at radius 3 is 2.58 bits per heavy atom. The highest BCUT2D eigenvalue weighted by molar-refractivity contribution is 5.59. The van der Waals surface area contributed by atoms with Crippen molar-refractivity contribution in [1.29, 1.82) is 0 Å². The van der Waals surface area contributed by atoms with Gasteiger partial charge in [0.05, 0.1) is 12.2 Å². The molecular weight excluding hydrogens is 405 g/mol. The minimum Gasteiger partial charge on any atom is -0.370 e. The third-order valence-electron chi connectivity index (χ3n) is 5.78. The summed E-state index contributed by atoms with van der Waals surface area (Å²) in [7, 11) is 0. The standard InChI is InChI=1S/C23H21F3N4O/c24-23(25,26)16-9-7-15(8-10-16)20-14-30(12-13-31-20)22-17-4-3-6-18(17)28-21(29-22)19-5-1-2-11-27-19/h1-2,5,7-11,20H,3-4,6,12-14H2. The predicted octanol–water partition coefficient (Wildman–Crippen LogP) is 4.62. The van der Waals surface area contributed by atoms with Gasteiger partial charge in [-0.25, -0.2) is 9.97 Å². The largest absolute Gasteiger partial charge is 0.416 e. The molecule has 1 saturated heterocycles. The number of aryl methyl sites for hydroxylation is 1. The van der Waals surface area contributed by atoms with Crippen molar-refractivity contribution in [2.75, 3.05) is 24.6 Å². The van der Waals surface area contributed by atoms with E-state index in [1.165, 1.54) is 12.1 Å². The number of halogens is 3. The summed E-state index contributed by atoms with van der Waals surface area (Å²) >= 11 is 0. The maximum Gasteiger partial charge on any atom is 0.416 e. The van der Waals surface area contributed by atoms with Gasteiger partial charge in [-0.2, -0.15) is 13.2 Å². The number of ether oxygens (including phenoxy) is 1. The molecule has 0 radical (unpaired) electrons. The number of aromatic nitrogens is 3. The molecule has 8 heteroatoms. The van der Waals surface area contributed by atoms with E-state index in [0.29, 0.717) is 25.5 Å². The molecule has 2 aliphatic rings. The molecule has 1 fully saturated rings. The third kappa shape index (κ3) is 3.99. The van der Waals surface area contributed by atoms with Crippen molar-refractivity contribution in [1.82, 2.24) is 15.0 Å². The lowest BCUT2D eigenvalue weighted by atomic mass is 10.0. The van der Waals surface area contributed by atoms with Gasteiger partial charge < -0.3 is 9.64 Å². The summed E-state index contributed by atoms with van der Waals surface area (Å²) in [5, 5.41) is 0. The van der Waals surface area contributed by atoms with Crippen LogP contribution < -0.4 is 4.90 Å². The predicted molar refractivity (Wildman–Crippen MR) is 110 cm³/mol. The van der Waals surface area contributed by atoms with Crippen molar-refractivity contribution < 1.29 is 17.9 Å². The van der Waals surface area contributed by atoms with E-state index in [4.69, 9.17) is 14.7 Å². The average Bonchev–Trinajstić information content (AvgIpc) is 3.27. The first-order valence-corrected chi connectivity index (χ1v) is 10.3. The van der Waals surface area contributed by atoms with Gasteiger partial charge in [0.15, 0.2) is 5.82 Å². The van der Waals surface area contributed by atoms with Gasteiger partial charge in [0.1, 0.15) is 17.6 Å². The number of alkyl halides is 3. The lowest BCUT2D eigenvalue weighted by Crippen LogP contribution is -2.39. The van der Waals surface area contributed by atoms with Crippen molar-refractivity contribution in [2.45, 2.75) is 31.5 Å². The van der Waals surface area contributed by atoms with Crippen LogP contribution in [0.2, 0.25) is 0 Å². The van der Waals surface area contributed by atoms with Crippen molar-refractivity contribution in [3.05, 3.63) is 71.0 Å². The van der Waals surface area contributed by atoms with Crippen LogP contribution in [-0.2, 0) is 23.8 Å². The van der Waals surface area contributed by atoms with Crippen LogP contribution in [0.25, 0.3) is 11.5 Å². The molecule has 5 rings (SSSR count). The molecule has 0 bridgehead atoms. The molecule has 0 N–H and O–H groups in total. The van der Waals surface area contributed by atoms with Crippen molar-refractivity contribution in [3.8, 4) is 11.5 Å². The van der Waals surface area contributed by atoms with Gasteiger partial charge >= 0.3 is 6.18 Å². The highest BCUT2D eigenvalue weighted by Crippen LogP contribution is 2.35. The maximum absolute atomic E-state index is 12.9. The smallest absolute Gasteiger partial charge is 0.370 e. The first kappa shape index (κ1) is 19.9. The number of morpholine rings is 1. The van der Waals surface area contributed by atoms with E-state index in [1.54, 1.807) is 6.20 Å². The summed E-state index contributed by atoms with van der Waals surface area (Å²) in [5.41, 5.74) is 3.02. The first-order chi connectivity index (χ1) is 15.0. The summed E-state index contributed by atoms with van der Waals surface area (Å²) in [6.45, 7) is 1.67. The molecular formula is C23H21F3N4O. The Hall–Kier alpha value is -3.00. The summed E-state index contributed by atoms with van der Waals surface area (Å²) in [6.07, 6.45) is -0.0637. The second kappa shape index (κ2) is 7.92. The number of hydrogen-bond donors (Lipinski definition) is 0. The highest BCUT2D eigenvalue weighted by atomic mass is 19.4. The fraction of sp³-hybridized carbons (Fsp3) is 0.348. The molecule has 1 aromatic carbocycles. The van der Waals surface area contributed by atoms with Crippen LogP contribution in [0.3, 0.4) is 0 Å². The normalized spacial score (nSPS) is 18.8. The fourth-order valence-corrected chi connectivity index (χ4v) is 4.21. The second-order valence-corrected chi connectivity index (χ2v) is 7.79. The Kier molecular flexibility index (Phi) is 5.09. The summed E-state index contributed by atoms with van der Waals surface area (Å²) in [4.78, 5) is 16.2. The van der Waals surface area contributed by atoms with E-state index in [9.17, 15) is 13.2 Å². The van der Waals surface area contributed by atoms with E-state index in [2.05, 4.69) is 9.88 Å². The Morgan fingerprint density at radius 2 is 1.84 bits per heavy atom. The number of anilines is 1. The number of nitrogens with zero attached hydrogens (tertiary/aromatic N) is 4. The summed E-state index contributed by atoms with van der Waals surface area (Å²) < 4.78 is 44.6. The van der Waals surface area contributed by atoms with Gasteiger partial charge in [0.2, 0.25) is 0 Å². The van der Waals surface area contributed by atoms with Crippen LogP contribution in [0.5, 0.6) is 0 Å². The van der Waals surface area contributed by atoms with Crippen LogP contribution >= 0.6 is 0 Å². The number of rotatable bonds is 3. The lowest BCUT2D eigenvalue weighted by Gasteiger charge is -2.35. The molecule has 0 amide bonds. The Labute approximate surface area is 177 Å². The minimum absolute atomic E-state index is 0.318. The summed E-state index contributed by atoms with van der Waals surface area (Å²) in [5.74, 6) is 1.50. The Balaban J connectivity index is 1.44. The van der Waals surface area contributed by atoms with E-state index in [1.807, 2.05) is 18.2 Å². The molecule has 31 heavy (non-hydrogen) atoms. The van der Waals surface area contributed by atoms with Gasteiger partial charge in [-0.15, -0.1) is 0 Å². The maximum atomic E-state index is 12.9. The van der Waals surface area contributed by atoms with Gasteiger partial charge in [-0.1, -0.05) is 18.2 Å². The fourth-order valence-electron chi connectivity index (χ4n) is 4.21. The van der Waals surface area contributed by atoms with Crippen LogP contribution in [0.4, 0.5) is 19.0 Å². The van der Waals surface area contributed by atoms with Crippen molar-refractivity contribution >= 4 is 5.82 Å². The van der Waals surface area contributed by atoms with Crippen LogP contribution in [0.1, 0.15) is 34.9 Å². The van der Waals surface area contributed by atoms with Gasteiger partial charge in [0, 0.05) is 30.5 Å². The number of hydrogen-bond acceptors (Lipinski definition) is 5. The molecule has 0 saturated carbocycles. The molecule has 1 atom stereocenters. The quantitative estimate of drug-likeness (QED) is 0.612. The van der Waals surface area contributed by atoms with E-state index >= 15 is 0 Å². The highest BCUT2D eigenvalue weighted by Gasteiger charge is 2.32.